The van der Waals surface area contributed by atoms with Crippen molar-refractivity contribution in [2.45, 2.75) is 38.4 Å². The zero-order valence-electron chi connectivity index (χ0n) is 13.3. The van der Waals surface area contributed by atoms with Crippen LogP contribution < -0.4 is 4.90 Å². The van der Waals surface area contributed by atoms with Crippen molar-refractivity contribution in [1.29, 1.82) is 0 Å². The predicted molar refractivity (Wildman–Crippen MR) is 86.6 cm³/mol. The molecule has 5 rings (SSSR count). The summed E-state index contributed by atoms with van der Waals surface area (Å²) in [5, 5.41) is 21.3. The van der Waals surface area contributed by atoms with Gasteiger partial charge < -0.3 is 19.8 Å². The molecule has 2 atom stereocenters. The smallest absolute Gasteiger partial charge is 0.223 e. The second-order valence-corrected chi connectivity index (χ2v) is 6.73. The fourth-order valence-corrected chi connectivity index (χ4v) is 4.36. The maximum atomic E-state index is 11.8. The zero-order valence-corrected chi connectivity index (χ0v) is 13.3. The Morgan fingerprint density at radius 1 is 1.17 bits per heavy atom. The summed E-state index contributed by atoms with van der Waals surface area (Å²) < 4.78 is 7.24. The summed E-state index contributed by atoms with van der Waals surface area (Å²) in [6, 6.07) is 5.70. The number of rotatable bonds is 1. The molecular formula is C18H18N2O4. The van der Waals surface area contributed by atoms with Crippen molar-refractivity contribution in [3.8, 4) is 17.4 Å². The molecular weight excluding hydrogens is 308 g/mol. The van der Waals surface area contributed by atoms with E-state index in [4.69, 9.17) is 4.74 Å². The first kappa shape index (κ1) is 13.9. The Kier molecular flexibility index (Phi) is 2.63. The average molecular weight is 326 g/mol. The van der Waals surface area contributed by atoms with Gasteiger partial charge >= 0.3 is 0 Å². The van der Waals surface area contributed by atoms with Crippen LogP contribution >= 0.6 is 0 Å². The molecule has 1 aromatic heterocycles. The van der Waals surface area contributed by atoms with Gasteiger partial charge in [0.25, 0.3) is 0 Å². The number of nitrogens with zero attached hydrogens (tertiary/aromatic N) is 2. The van der Waals surface area contributed by atoms with E-state index in [0.717, 1.165) is 30.5 Å². The summed E-state index contributed by atoms with van der Waals surface area (Å²) in [4.78, 5) is 13.5. The van der Waals surface area contributed by atoms with Gasteiger partial charge in [0.05, 0.1) is 29.0 Å². The van der Waals surface area contributed by atoms with Crippen LogP contribution in [0.25, 0.3) is 5.69 Å². The van der Waals surface area contributed by atoms with Crippen LogP contribution in [0.15, 0.2) is 18.2 Å². The number of fused-ring (bicyclic) bond motifs is 6. The lowest BCUT2D eigenvalue weighted by Gasteiger charge is -2.17. The van der Waals surface area contributed by atoms with Crippen molar-refractivity contribution < 1.29 is 19.7 Å². The Labute approximate surface area is 138 Å². The molecule has 3 aliphatic rings. The minimum Gasteiger partial charge on any atom is -0.494 e. The van der Waals surface area contributed by atoms with Crippen LogP contribution in [0.1, 0.15) is 48.7 Å². The van der Waals surface area contributed by atoms with E-state index in [9.17, 15) is 15.0 Å². The second kappa shape index (κ2) is 4.54. The van der Waals surface area contributed by atoms with Gasteiger partial charge in [-0.15, -0.1) is 0 Å². The molecule has 0 spiro atoms. The fraction of sp³-hybridized carbons (Fsp3) is 0.389. The largest absolute Gasteiger partial charge is 0.494 e. The molecule has 2 bridgehead atoms. The normalized spacial score (nSPS) is 23.6. The number of benzene rings is 1. The highest BCUT2D eigenvalue weighted by Crippen LogP contribution is 2.58. The van der Waals surface area contributed by atoms with Crippen molar-refractivity contribution in [1.82, 2.24) is 4.57 Å². The standard InChI is InChI=1S/C18H18N2O4/c1-9(21)19-7-6-10-2-3-11(8-12(10)19)20-17(22)15-13-4-5-14(24-13)16(15)18(20)23/h2-3,8,13-14,22-23H,4-7H2,1H3/t13-,14-/m0/s1. The van der Waals surface area contributed by atoms with Crippen LogP contribution in [0, 0.1) is 0 Å². The number of ether oxygens (including phenoxy) is 1. The van der Waals surface area contributed by atoms with E-state index < -0.39 is 0 Å². The first-order chi connectivity index (χ1) is 11.6. The zero-order chi connectivity index (χ0) is 16.6. The molecule has 1 amide bonds. The van der Waals surface area contributed by atoms with Gasteiger partial charge in [0, 0.05) is 19.2 Å². The van der Waals surface area contributed by atoms with Crippen molar-refractivity contribution in [3.63, 3.8) is 0 Å². The third kappa shape index (κ3) is 1.61. The number of aromatic hydroxyl groups is 2. The monoisotopic (exact) mass is 326 g/mol. The van der Waals surface area contributed by atoms with Crippen molar-refractivity contribution in [2.75, 3.05) is 11.4 Å². The number of anilines is 1. The van der Waals surface area contributed by atoms with Crippen molar-refractivity contribution >= 4 is 11.6 Å². The van der Waals surface area contributed by atoms with Crippen LogP contribution in [0.3, 0.4) is 0 Å². The Hall–Kier alpha value is -2.47. The molecule has 3 aliphatic heterocycles. The van der Waals surface area contributed by atoms with Crippen LogP contribution in [0.2, 0.25) is 0 Å². The molecule has 6 nitrogen and oxygen atoms in total. The third-order valence-corrected chi connectivity index (χ3v) is 5.46. The number of hydrogen-bond acceptors (Lipinski definition) is 4. The first-order valence-corrected chi connectivity index (χ1v) is 8.29. The molecule has 0 saturated carbocycles. The lowest BCUT2D eigenvalue weighted by Crippen LogP contribution is -2.25. The quantitative estimate of drug-likeness (QED) is 0.845. The number of carbonyl (C=O) groups excluding carboxylic acids is 1. The van der Waals surface area contributed by atoms with Gasteiger partial charge in [0.15, 0.2) is 0 Å². The van der Waals surface area contributed by atoms with E-state index in [1.165, 1.54) is 4.57 Å². The van der Waals surface area contributed by atoms with E-state index in [2.05, 4.69) is 0 Å². The molecule has 24 heavy (non-hydrogen) atoms. The van der Waals surface area contributed by atoms with Gasteiger partial charge in [-0.2, -0.15) is 0 Å². The summed E-state index contributed by atoms with van der Waals surface area (Å²) in [6.45, 7) is 2.22. The molecule has 0 radical (unpaired) electrons. The Morgan fingerprint density at radius 3 is 2.46 bits per heavy atom. The summed E-state index contributed by atoms with van der Waals surface area (Å²) in [5.74, 6) is 0.0878. The molecule has 4 heterocycles. The van der Waals surface area contributed by atoms with Crippen LogP contribution in [-0.2, 0) is 16.0 Å². The van der Waals surface area contributed by atoms with E-state index in [1.807, 2.05) is 18.2 Å². The maximum absolute atomic E-state index is 11.8. The van der Waals surface area contributed by atoms with Gasteiger partial charge in [0.2, 0.25) is 17.7 Å². The van der Waals surface area contributed by atoms with E-state index in [0.29, 0.717) is 23.4 Å². The first-order valence-electron chi connectivity index (χ1n) is 8.29. The summed E-state index contributed by atoms with van der Waals surface area (Å²) >= 11 is 0. The number of amides is 1. The van der Waals surface area contributed by atoms with E-state index in [-0.39, 0.29) is 29.9 Å². The van der Waals surface area contributed by atoms with Crippen LogP contribution in [0.5, 0.6) is 11.8 Å². The van der Waals surface area contributed by atoms with Gasteiger partial charge in [-0.05, 0) is 37.0 Å². The highest BCUT2D eigenvalue weighted by Gasteiger charge is 2.45. The van der Waals surface area contributed by atoms with Gasteiger partial charge in [0.1, 0.15) is 0 Å². The van der Waals surface area contributed by atoms with Gasteiger partial charge in [-0.25, -0.2) is 0 Å². The second-order valence-electron chi connectivity index (χ2n) is 6.73. The summed E-state index contributed by atoms with van der Waals surface area (Å²) in [7, 11) is 0. The predicted octanol–water partition coefficient (Wildman–Crippen LogP) is 2.70. The molecule has 6 heteroatoms. The Balaban J connectivity index is 1.67. The lowest BCUT2D eigenvalue weighted by molar-refractivity contribution is -0.116. The number of hydrogen-bond donors (Lipinski definition) is 2. The van der Waals surface area contributed by atoms with Crippen LogP contribution in [0.4, 0.5) is 5.69 Å². The molecule has 0 aliphatic carbocycles. The topological polar surface area (TPSA) is 74.9 Å². The minimum atomic E-state index is -0.125. The summed E-state index contributed by atoms with van der Waals surface area (Å²) in [5.41, 5.74) is 4.05. The summed E-state index contributed by atoms with van der Waals surface area (Å²) in [6.07, 6.45) is 2.32. The molecule has 1 saturated heterocycles. The minimum absolute atomic E-state index is 0.000730. The van der Waals surface area contributed by atoms with E-state index >= 15 is 0 Å². The van der Waals surface area contributed by atoms with Gasteiger partial charge in [-0.3, -0.25) is 9.36 Å². The maximum Gasteiger partial charge on any atom is 0.223 e. The molecule has 2 N–H and O–H groups in total. The average Bonchev–Trinajstić information content (AvgIpc) is 3.30. The Morgan fingerprint density at radius 2 is 1.83 bits per heavy atom. The number of carbonyl (C=O) groups is 1. The Bertz CT molecular complexity index is 852. The lowest BCUT2D eigenvalue weighted by atomic mass is 9.95. The molecule has 2 aromatic rings. The highest BCUT2D eigenvalue weighted by atomic mass is 16.5. The number of aromatic nitrogens is 1. The van der Waals surface area contributed by atoms with Gasteiger partial charge in [-0.1, -0.05) is 6.07 Å². The SMILES string of the molecule is CC(=O)N1CCc2ccc(-n3c(O)c4c(c3O)[C@@H]3CC[C@@H]4O3)cc21. The molecule has 1 aromatic carbocycles. The van der Waals surface area contributed by atoms with Crippen molar-refractivity contribution in [2.24, 2.45) is 0 Å². The van der Waals surface area contributed by atoms with E-state index in [1.54, 1.807) is 11.8 Å². The molecule has 124 valence electrons. The van der Waals surface area contributed by atoms with Crippen molar-refractivity contribution in [3.05, 3.63) is 34.9 Å². The molecule has 1 fully saturated rings. The fourth-order valence-electron chi connectivity index (χ4n) is 4.36. The van der Waals surface area contributed by atoms with Crippen LogP contribution in [-0.4, -0.2) is 27.2 Å². The molecule has 0 unspecified atom stereocenters. The third-order valence-electron chi connectivity index (χ3n) is 5.46. The highest BCUT2D eigenvalue weighted by molar-refractivity contribution is 5.94.